The average Bonchev–Trinajstić information content (AvgIpc) is 2.78. The zero-order valence-electron chi connectivity index (χ0n) is 8.93. The van der Waals surface area contributed by atoms with Gasteiger partial charge in [-0.1, -0.05) is 0 Å². The molecule has 5 heteroatoms. The molecule has 0 radical (unpaired) electrons. The molecule has 2 atom stereocenters. The van der Waals surface area contributed by atoms with E-state index < -0.39 is 0 Å². The lowest BCUT2D eigenvalue weighted by molar-refractivity contribution is 0.258. The third-order valence-corrected chi connectivity index (χ3v) is 3.73. The van der Waals surface area contributed by atoms with Crippen molar-refractivity contribution in [3.05, 3.63) is 16.6 Å². The van der Waals surface area contributed by atoms with Gasteiger partial charge in [0.1, 0.15) is 0 Å². The molecule has 2 rings (SSSR count). The van der Waals surface area contributed by atoms with Crippen molar-refractivity contribution in [2.24, 2.45) is 11.7 Å². The van der Waals surface area contributed by atoms with Crippen LogP contribution in [-0.2, 0) is 6.54 Å². The number of hydrogen-bond acceptors (Lipinski definition) is 4. The highest BCUT2D eigenvalue weighted by Crippen LogP contribution is 2.24. The Morgan fingerprint density at radius 2 is 2.47 bits per heavy atom. The summed E-state index contributed by atoms with van der Waals surface area (Å²) in [5.41, 5.74) is 7.59. The van der Waals surface area contributed by atoms with Crippen molar-refractivity contribution in [3.8, 4) is 0 Å². The van der Waals surface area contributed by atoms with Gasteiger partial charge in [0.2, 0.25) is 0 Å². The Labute approximate surface area is 101 Å². The zero-order chi connectivity index (χ0) is 9.97. The second-order valence-electron chi connectivity index (χ2n) is 4.08. The van der Waals surface area contributed by atoms with Crippen LogP contribution >= 0.6 is 23.7 Å². The Balaban J connectivity index is 0.00000112. The van der Waals surface area contributed by atoms with E-state index in [1.807, 2.05) is 11.7 Å². The monoisotopic (exact) mass is 247 g/mol. The fraction of sp³-hybridized carbons (Fsp3) is 0.700. The van der Waals surface area contributed by atoms with Crippen LogP contribution in [0.4, 0.5) is 0 Å². The van der Waals surface area contributed by atoms with Gasteiger partial charge < -0.3 is 5.73 Å². The Bertz CT molecular complexity index is 278. The van der Waals surface area contributed by atoms with Crippen molar-refractivity contribution < 1.29 is 0 Å². The highest BCUT2D eigenvalue weighted by Gasteiger charge is 2.27. The van der Waals surface area contributed by atoms with Crippen LogP contribution in [0.1, 0.15) is 18.2 Å². The van der Waals surface area contributed by atoms with Gasteiger partial charge in [0.05, 0.1) is 5.51 Å². The highest BCUT2D eigenvalue weighted by molar-refractivity contribution is 7.09. The first-order valence-corrected chi connectivity index (χ1v) is 5.99. The van der Waals surface area contributed by atoms with Crippen LogP contribution in [0, 0.1) is 5.92 Å². The molecule has 15 heavy (non-hydrogen) atoms. The van der Waals surface area contributed by atoms with Gasteiger partial charge in [0, 0.05) is 30.2 Å². The average molecular weight is 248 g/mol. The second-order valence-corrected chi connectivity index (χ2v) is 5.05. The van der Waals surface area contributed by atoms with E-state index in [1.54, 1.807) is 11.3 Å². The van der Waals surface area contributed by atoms with Gasteiger partial charge in [-0.3, -0.25) is 9.88 Å². The first kappa shape index (κ1) is 12.9. The highest BCUT2D eigenvalue weighted by atomic mass is 35.5. The number of aromatic nitrogens is 1. The van der Waals surface area contributed by atoms with E-state index in [-0.39, 0.29) is 12.4 Å². The Kier molecular flexibility index (Phi) is 4.99. The number of nitrogens with two attached hydrogens (primary N) is 1. The standard InChI is InChI=1S/C10H17N3S.ClH/c1-8-2-9(3-11)5-13(8)6-10-4-12-7-14-10;/h4,7-9H,2-3,5-6,11H2,1H3;1H. The third-order valence-electron chi connectivity index (χ3n) is 2.97. The fourth-order valence-electron chi connectivity index (χ4n) is 2.13. The Morgan fingerprint density at radius 1 is 1.67 bits per heavy atom. The molecule has 1 aromatic heterocycles. The quantitative estimate of drug-likeness (QED) is 0.885. The third kappa shape index (κ3) is 3.14. The van der Waals surface area contributed by atoms with Crippen LogP contribution in [0.3, 0.4) is 0 Å². The van der Waals surface area contributed by atoms with E-state index in [9.17, 15) is 0 Å². The second kappa shape index (κ2) is 5.80. The van der Waals surface area contributed by atoms with E-state index >= 15 is 0 Å². The minimum absolute atomic E-state index is 0. The molecule has 0 bridgehead atoms. The van der Waals surface area contributed by atoms with Gasteiger partial charge in [-0.25, -0.2) is 0 Å². The van der Waals surface area contributed by atoms with Gasteiger partial charge >= 0.3 is 0 Å². The molecule has 1 aliphatic heterocycles. The lowest BCUT2D eigenvalue weighted by Crippen LogP contribution is -2.26. The summed E-state index contributed by atoms with van der Waals surface area (Å²) < 4.78 is 0. The van der Waals surface area contributed by atoms with E-state index in [0.717, 1.165) is 19.6 Å². The molecule has 2 N–H and O–H groups in total. The van der Waals surface area contributed by atoms with Gasteiger partial charge in [0.15, 0.2) is 0 Å². The molecule has 3 nitrogen and oxygen atoms in total. The Hall–Kier alpha value is -0.160. The van der Waals surface area contributed by atoms with Crippen molar-refractivity contribution in [2.75, 3.05) is 13.1 Å². The summed E-state index contributed by atoms with van der Waals surface area (Å²) in [6.45, 7) is 5.30. The molecule has 0 aromatic carbocycles. The van der Waals surface area contributed by atoms with Crippen LogP contribution in [0.5, 0.6) is 0 Å². The molecule has 0 amide bonds. The summed E-state index contributed by atoms with van der Waals surface area (Å²) in [6.07, 6.45) is 3.21. The smallest absolute Gasteiger partial charge is 0.0794 e. The Morgan fingerprint density at radius 3 is 3.00 bits per heavy atom. The summed E-state index contributed by atoms with van der Waals surface area (Å²) in [6, 6.07) is 0.672. The van der Waals surface area contributed by atoms with Crippen molar-refractivity contribution >= 4 is 23.7 Å². The lowest BCUT2D eigenvalue weighted by atomic mass is 10.1. The molecule has 0 saturated carbocycles. The number of halogens is 1. The van der Waals surface area contributed by atoms with Gasteiger partial charge in [0.25, 0.3) is 0 Å². The molecule has 86 valence electrons. The normalized spacial score (nSPS) is 26.5. The minimum Gasteiger partial charge on any atom is -0.330 e. The number of likely N-dealkylation sites (tertiary alicyclic amines) is 1. The van der Waals surface area contributed by atoms with E-state index in [4.69, 9.17) is 5.73 Å². The summed E-state index contributed by atoms with van der Waals surface area (Å²) in [4.78, 5) is 7.96. The van der Waals surface area contributed by atoms with E-state index in [1.165, 1.54) is 11.3 Å². The predicted octanol–water partition coefficient (Wildman–Crippen LogP) is 1.73. The maximum atomic E-state index is 5.70. The molecule has 0 aliphatic carbocycles. The van der Waals surface area contributed by atoms with Crippen LogP contribution in [0.25, 0.3) is 0 Å². The van der Waals surface area contributed by atoms with Crippen molar-refractivity contribution in [1.29, 1.82) is 0 Å². The zero-order valence-corrected chi connectivity index (χ0v) is 10.6. The summed E-state index contributed by atoms with van der Waals surface area (Å²) >= 11 is 1.74. The maximum absolute atomic E-state index is 5.70. The molecular weight excluding hydrogens is 230 g/mol. The van der Waals surface area contributed by atoms with Crippen LogP contribution in [0.2, 0.25) is 0 Å². The minimum atomic E-state index is 0. The van der Waals surface area contributed by atoms with Crippen LogP contribution < -0.4 is 5.73 Å². The fourth-order valence-corrected chi connectivity index (χ4v) is 2.75. The first-order chi connectivity index (χ1) is 6.79. The van der Waals surface area contributed by atoms with Crippen molar-refractivity contribution in [2.45, 2.75) is 25.9 Å². The maximum Gasteiger partial charge on any atom is 0.0794 e. The van der Waals surface area contributed by atoms with E-state index in [2.05, 4.69) is 16.8 Å². The molecule has 1 fully saturated rings. The molecule has 2 heterocycles. The number of rotatable bonds is 3. The van der Waals surface area contributed by atoms with Gasteiger partial charge in [-0.15, -0.1) is 23.7 Å². The summed E-state index contributed by atoms with van der Waals surface area (Å²) in [5.74, 6) is 0.693. The first-order valence-electron chi connectivity index (χ1n) is 5.11. The molecule has 1 saturated heterocycles. The molecule has 0 spiro atoms. The van der Waals surface area contributed by atoms with Gasteiger partial charge in [-0.2, -0.15) is 0 Å². The molecule has 1 aromatic rings. The SMILES string of the molecule is CC1CC(CN)CN1Cc1cncs1.Cl. The van der Waals surface area contributed by atoms with E-state index in [0.29, 0.717) is 12.0 Å². The molecule has 1 aliphatic rings. The number of nitrogens with zero attached hydrogens (tertiary/aromatic N) is 2. The van der Waals surface area contributed by atoms with Crippen molar-refractivity contribution in [1.82, 2.24) is 9.88 Å². The number of hydrogen-bond donors (Lipinski definition) is 1. The topological polar surface area (TPSA) is 42.1 Å². The largest absolute Gasteiger partial charge is 0.330 e. The number of thiazole rings is 1. The predicted molar refractivity (Wildman–Crippen MR) is 66.4 cm³/mol. The molecular formula is C10H18ClN3S. The van der Waals surface area contributed by atoms with Crippen molar-refractivity contribution in [3.63, 3.8) is 0 Å². The van der Waals surface area contributed by atoms with Gasteiger partial charge in [-0.05, 0) is 25.8 Å². The molecule has 2 unspecified atom stereocenters. The summed E-state index contributed by atoms with van der Waals surface area (Å²) in [7, 11) is 0. The lowest BCUT2D eigenvalue weighted by Gasteiger charge is -2.19. The van der Waals surface area contributed by atoms with Crippen LogP contribution in [0.15, 0.2) is 11.7 Å². The summed E-state index contributed by atoms with van der Waals surface area (Å²) in [5, 5.41) is 0. The van der Waals surface area contributed by atoms with Crippen LogP contribution in [-0.4, -0.2) is 29.0 Å².